The summed E-state index contributed by atoms with van der Waals surface area (Å²) in [7, 11) is 1.45. The lowest BCUT2D eigenvalue weighted by molar-refractivity contribution is -0.138. The summed E-state index contributed by atoms with van der Waals surface area (Å²) >= 11 is 0. The number of likely N-dealkylation sites (tertiary alicyclic amines) is 1. The van der Waals surface area contributed by atoms with Gasteiger partial charge in [0.25, 0.3) is 11.8 Å². The van der Waals surface area contributed by atoms with Gasteiger partial charge in [-0.25, -0.2) is 8.78 Å². The molecule has 8 heteroatoms. The van der Waals surface area contributed by atoms with Gasteiger partial charge in [-0.05, 0) is 23.3 Å². The lowest BCUT2D eigenvalue weighted by Crippen LogP contribution is -2.38. The van der Waals surface area contributed by atoms with E-state index in [2.05, 4.69) is 0 Å². The highest BCUT2D eigenvalue weighted by molar-refractivity contribution is 5.98. The minimum atomic E-state index is -4.56. The lowest BCUT2D eigenvalue weighted by Gasteiger charge is -2.31. The van der Waals surface area contributed by atoms with Gasteiger partial charge in [0.2, 0.25) is 0 Å². The van der Waals surface area contributed by atoms with Gasteiger partial charge >= 0.3 is 6.18 Å². The van der Waals surface area contributed by atoms with Crippen molar-refractivity contribution in [2.45, 2.75) is 38.0 Å². The Kier molecular flexibility index (Phi) is 4.06. The van der Waals surface area contributed by atoms with Crippen LogP contribution >= 0.6 is 0 Å². The van der Waals surface area contributed by atoms with E-state index in [4.69, 9.17) is 0 Å². The number of hydrogen-bond acceptors (Lipinski definition) is 2. The van der Waals surface area contributed by atoms with E-state index in [0.29, 0.717) is 5.56 Å². The zero-order valence-corrected chi connectivity index (χ0v) is 13.1. The number of hydrogen-bond donors (Lipinski definition) is 0. The number of nitrogens with zero attached hydrogens (tertiary/aromatic N) is 2. The van der Waals surface area contributed by atoms with Gasteiger partial charge < -0.3 is 4.90 Å². The number of fused-ring (bicyclic) bond motifs is 1. The van der Waals surface area contributed by atoms with Gasteiger partial charge in [-0.1, -0.05) is 0 Å². The van der Waals surface area contributed by atoms with E-state index in [1.165, 1.54) is 18.0 Å². The molecule has 2 aliphatic rings. The maximum absolute atomic E-state index is 13.3. The van der Waals surface area contributed by atoms with Crippen LogP contribution in [0.2, 0.25) is 0 Å². The van der Waals surface area contributed by atoms with Crippen molar-refractivity contribution in [3.63, 3.8) is 0 Å². The van der Waals surface area contributed by atoms with E-state index >= 15 is 0 Å². The predicted molar refractivity (Wildman–Crippen MR) is 76.7 cm³/mol. The molecule has 0 bridgehead atoms. The van der Waals surface area contributed by atoms with Crippen molar-refractivity contribution in [3.05, 3.63) is 34.4 Å². The minimum absolute atomic E-state index is 0.0103. The number of piperidine rings is 1. The molecule has 0 spiro atoms. The Morgan fingerprint density at radius 1 is 1.17 bits per heavy atom. The van der Waals surface area contributed by atoms with E-state index in [1.807, 2.05) is 0 Å². The maximum Gasteiger partial charge on any atom is 0.416 e. The average Bonchev–Trinajstić information content (AvgIpc) is 2.75. The average molecular weight is 348 g/mol. The van der Waals surface area contributed by atoms with Crippen LogP contribution in [0.15, 0.2) is 12.1 Å². The van der Waals surface area contributed by atoms with Gasteiger partial charge in [-0.3, -0.25) is 9.69 Å². The van der Waals surface area contributed by atoms with Crippen LogP contribution in [0.25, 0.3) is 0 Å². The van der Waals surface area contributed by atoms with Crippen LogP contribution in [0.5, 0.6) is 0 Å². The summed E-state index contributed by atoms with van der Waals surface area (Å²) in [6.07, 6.45) is -5.15. The Balaban J connectivity index is 1.89. The zero-order valence-electron chi connectivity index (χ0n) is 13.1. The number of halogens is 5. The second-order valence-electron chi connectivity index (χ2n) is 6.46. The molecule has 1 fully saturated rings. The molecule has 0 unspecified atom stereocenters. The first-order chi connectivity index (χ1) is 11.1. The lowest BCUT2D eigenvalue weighted by atomic mass is 9.98. The fourth-order valence-electron chi connectivity index (χ4n) is 3.25. The third-order valence-electron chi connectivity index (χ3n) is 4.58. The second-order valence-corrected chi connectivity index (χ2v) is 6.46. The minimum Gasteiger partial charge on any atom is -0.337 e. The number of alkyl halides is 5. The van der Waals surface area contributed by atoms with E-state index < -0.39 is 23.6 Å². The fraction of sp³-hybridized carbons (Fsp3) is 0.562. The second kappa shape index (κ2) is 5.68. The largest absolute Gasteiger partial charge is 0.416 e. The molecule has 1 aromatic carbocycles. The summed E-state index contributed by atoms with van der Waals surface area (Å²) in [6, 6.07) is 2.50. The quantitative estimate of drug-likeness (QED) is 0.764. The van der Waals surface area contributed by atoms with E-state index in [9.17, 15) is 26.7 Å². The Bertz CT molecular complexity index is 661. The summed E-state index contributed by atoms with van der Waals surface area (Å²) in [5, 5.41) is 0. The van der Waals surface area contributed by atoms with Crippen molar-refractivity contribution in [3.8, 4) is 0 Å². The highest BCUT2D eigenvalue weighted by atomic mass is 19.4. The van der Waals surface area contributed by atoms with Crippen molar-refractivity contribution in [2.24, 2.45) is 0 Å². The van der Waals surface area contributed by atoms with Gasteiger partial charge in [-0.2, -0.15) is 13.2 Å². The van der Waals surface area contributed by atoms with Gasteiger partial charge in [0, 0.05) is 51.6 Å². The van der Waals surface area contributed by atoms with E-state index in [-0.39, 0.29) is 50.1 Å². The standard InChI is InChI=1S/C16H17F5N2O/c1-22-9-12-11(14(22)24)6-10(7-13(12)16(19,20)21)8-23-4-2-15(17,18)3-5-23/h6-7H,2-5,8-9H2,1H3. The smallest absolute Gasteiger partial charge is 0.337 e. The molecule has 1 aromatic rings. The van der Waals surface area contributed by atoms with Crippen LogP contribution in [-0.2, 0) is 19.3 Å². The number of carbonyl (C=O) groups is 1. The Morgan fingerprint density at radius 3 is 2.38 bits per heavy atom. The topological polar surface area (TPSA) is 23.6 Å². The van der Waals surface area contributed by atoms with Gasteiger partial charge in [0.05, 0.1) is 5.56 Å². The molecule has 24 heavy (non-hydrogen) atoms. The molecule has 0 aromatic heterocycles. The van der Waals surface area contributed by atoms with Crippen LogP contribution in [0, 0.1) is 0 Å². The van der Waals surface area contributed by atoms with Crippen molar-refractivity contribution in [1.82, 2.24) is 9.80 Å². The molecule has 3 nitrogen and oxygen atoms in total. The molecule has 132 valence electrons. The summed E-state index contributed by atoms with van der Waals surface area (Å²) in [4.78, 5) is 15.0. The monoisotopic (exact) mass is 348 g/mol. The van der Waals surface area contributed by atoms with Crippen molar-refractivity contribution < 1.29 is 26.7 Å². The Labute approximate surface area is 136 Å². The normalized spacial score (nSPS) is 21.2. The van der Waals surface area contributed by atoms with E-state index in [0.717, 1.165) is 6.07 Å². The molecular formula is C16H17F5N2O. The van der Waals surface area contributed by atoms with Gasteiger partial charge in [-0.15, -0.1) is 0 Å². The van der Waals surface area contributed by atoms with Crippen LogP contribution in [-0.4, -0.2) is 41.8 Å². The SMILES string of the molecule is CN1Cc2c(cc(CN3CCC(F)(F)CC3)cc2C(F)(F)F)C1=O. The van der Waals surface area contributed by atoms with Crippen LogP contribution in [0.1, 0.15) is 39.9 Å². The predicted octanol–water partition coefficient (Wildman–Crippen LogP) is 3.52. The third kappa shape index (κ3) is 3.24. The fourth-order valence-corrected chi connectivity index (χ4v) is 3.25. The summed E-state index contributed by atoms with van der Waals surface area (Å²) < 4.78 is 66.3. The molecule has 2 aliphatic heterocycles. The molecule has 0 saturated carbocycles. The van der Waals surface area contributed by atoms with Crippen molar-refractivity contribution in [2.75, 3.05) is 20.1 Å². The first kappa shape index (κ1) is 17.1. The number of benzene rings is 1. The van der Waals surface area contributed by atoms with Crippen molar-refractivity contribution in [1.29, 1.82) is 0 Å². The first-order valence-corrected chi connectivity index (χ1v) is 7.65. The summed E-state index contributed by atoms with van der Waals surface area (Å²) in [5.74, 6) is -3.15. The number of carbonyl (C=O) groups excluding carboxylic acids is 1. The summed E-state index contributed by atoms with van der Waals surface area (Å²) in [6.45, 7) is 0.307. The molecular weight excluding hydrogens is 331 g/mol. The third-order valence-corrected chi connectivity index (χ3v) is 4.58. The molecule has 0 N–H and O–H groups in total. The maximum atomic E-state index is 13.3. The summed E-state index contributed by atoms with van der Waals surface area (Å²) in [5.41, 5.74) is -0.432. The Morgan fingerprint density at radius 2 is 1.79 bits per heavy atom. The highest BCUT2D eigenvalue weighted by Crippen LogP contribution is 2.38. The Hall–Kier alpha value is -1.70. The van der Waals surface area contributed by atoms with Crippen LogP contribution < -0.4 is 0 Å². The highest BCUT2D eigenvalue weighted by Gasteiger charge is 2.39. The van der Waals surface area contributed by atoms with Gasteiger partial charge in [0.15, 0.2) is 0 Å². The van der Waals surface area contributed by atoms with Crippen LogP contribution in [0.3, 0.4) is 0 Å². The molecule has 3 rings (SSSR count). The van der Waals surface area contributed by atoms with Gasteiger partial charge in [0.1, 0.15) is 0 Å². The molecule has 1 amide bonds. The molecule has 1 saturated heterocycles. The number of rotatable bonds is 2. The molecule has 2 heterocycles. The first-order valence-electron chi connectivity index (χ1n) is 7.65. The van der Waals surface area contributed by atoms with Crippen molar-refractivity contribution >= 4 is 5.91 Å². The molecule has 0 aliphatic carbocycles. The molecule has 0 radical (unpaired) electrons. The van der Waals surface area contributed by atoms with Crippen LogP contribution in [0.4, 0.5) is 22.0 Å². The van der Waals surface area contributed by atoms with E-state index in [1.54, 1.807) is 4.90 Å². The zero-order chi connectivity index (χ0) is 17.7. The molecule has 0 atom stereocenters. The number of amides is 1.